The maximum absolute atomic E-state index is 11.7. The summed E-state index contributed by atoms with van der Waals surface area (Å²) in [5.41, 5.74) is 0.962. The molecule has 128 valence electrons. The third-order valence-corrected chi connectivity index (χ3v) is 3.84. The van der Waals surface area contributed by atoms with Gasteiger partial charge in [0.1, 0.15) is 5.60 Å². The van der Waals surface area contributed by atoms with E-state index in [-0.39, 0.29) is 12.1 Å². The predicted molar refractivity (Wildman–Crippen MR) is 97.8 cm³/mol. The number of carbonyl (C=O) groups excluding carboxylic acids is 1. The van der Waals surface area contributed by atoms with Crippen molar-refractivity contribution in [1.29, 1.82) is 0 Å². The number of esters is 1. The lowest BCUT2D eigenvalue weighted by atomic mass is 10.0. The van der Waals surface area contributed by atoms with Crippen molar-refractivity contribution >= 4 is 16.7 Å². The summed E-state index contributed by atoms with van der Waals surface area (Å²) in [5, 5.41) is 2.43. The van der Waals surface area contributed by atoms with Crippen molar-refractivity contribution < 1.29 is 14.3 Å². The van der Waals surface area contributed by atoms with Gasteiger partial charge in [-0.2, -0.15) is 0 Å². The molecule has 0 heterocycles. The summed E-state index contributed by atoms with van der Waals surface area (Å²) in [6, 6.07) is 14.6. The average Bonchev–Trinajstić information content (AvgIpc) is 2.51. The van der Waals surface area contributed by atoms with Crippen LogP contribution in [0.3, 0.4) is 0 Å². The van der Waals surface area contributed by atoms with Crippen molar-refractivity contribution in [3.63, 3.8) is 0 Å². The third-order valence-electron chi connectivity index (χ3n) is 3.84. The van der Waals surface area contributed by atoms with Crippen molar-refractivity contribution in [3.8, 4) is 0 Å². The van der Waals surface area contributed by atoms with Crippen LogP contribution in [0.4, 0.5) is 0 Å². The van der Waals surface area contributed by atoms with Crippen LogP contribution in [0.1, 0.15) is 39.7 Å². The Balaban J connectivity index is 1.90. The molecular formula is C21H26O3. The fraction of sp³-hybridized carbons (Fsp3) is 0.381. The van der Waals surface area contributed by atoms with E-state index >= 15 is 0 Å². The Morgan fingerprint density at radius 1 is 1.17 bits per heavy atom. The summed E-state index contributed by atoms with van der Waals surface area (Å²) < 4.78 is 11.4. The molecule has 0 spiro atoms. The molecule has 0 aliphatic heterocycles. The number of hydrogen-bond acceptors (Lipinski definition) is 3. The van der Waals surface area contributed by atoms with E-state index in [0.29, 0.717) is 18.6 Å². The van der Waals surface area contributed by atoms with Crippen LogP contribution in [0.15, 0.2) is 54.6 Å². The van der Waals surface area contributed by atoms with Crippen LogP contribution in [0.25, 0.3) is 10.8 Å². The van der Waals surface area contributed by atoms with Crippen molar-refractivity contribution in [1.82, 2.24) is 0 Å². The summed E-state index contributed by atoms with van der Waals surface area (Å²) in [6.45, 7) is 11.6. The number of hydrogen-bond donors (Lipinski definition) is 0. The summed E-state index contributed by atoms with van der Waals surface area (Å²) in [5.74, 6) is -0.360. The lowest BCUT2D eigenvalue weighted by molar-refractivity contribution is -0.154. The van der Waals surface area contributed by atoms with E-state index in [0.717, 1.165) is 5.56 Å². The highest BCUT2D eigenvalue weighted by molar-refractivity contribution is 5.87. The van der Waals surface area contributed by atoms with Gasteiger partial charge in [-0.05, 0) is 50.1 Å². The van der Waals surface area contributed by atoms with Crippen molar-refractivity contribution in [2.75, 3.05) is 0 Å². The summed E-state index contributed by atoms with van der Waals surface area (Å²) in [7, 11) is 0. The minimum Gasteiger partial charge on any atom is -0.456 e. The first-order valence-corrected chi connectivity index (χ1v) is 8.25. The molecular weight excluding hydrogens is 300 g/mol. The highest BCUT2D eigenvalue weighted by Gasteiger charge is 2.26. The molecule has 2 aromatic carbocycles. The molecule has 0 N–H and O–H groups in total. The van der Waals surface area contributed by atoms with Gasteiger partial charge in [-0.3, -0.25) is 0 Å². The van der Waals surface area contributed by atoms with Gasteiger partial charge in [-0.1, -0.05) is 43.0 Å². The first-order chi connectivity index (χ1) is 11.3. The van der Waals surface area contributed by atoms with Crippen LogP contribution in [-0.2, 0) is 20.9 Å². The zero-order chi connectivity index (χ0) is 17.7. The number of fused-ring (bicyclic) bond motifs is 1. The monoisotopic (exact) mass is 326 g/mol. The van der Waals surface area contributed by atoms with E-state index in [1.165, 1.54) is 10.8 Å². The first kappa shape index (κ1) is 18.2. The Labute approximate surface area is 144 Å². The van der Waals surface area contributed by atoms with Gasteiger partial charge in [-0.15, -0.1) is 0 Å². The van der Waals surface area contributed by atoms with Gasteiger partial charge in [0, 0.05) is 12.0 Å². The van der Waals surface area contributed by atoms with Crippen molar-refractivity contribution in [3.05, 3.63) is 60.2 Å². The van der Waals surface area contributed by atoms with Crippen molar-refractivity contribution in [2.45, 2.75) is 52.4 Å². The molecule has 0 aromatic heterocycles. The van der Waals surface area contributed by atoms with E-state index in [4.69, 9.17) is 9.47 Å². The second kappa shape index (κ2) is 7.63. The molecule has 3 nitrogen and oxygen atoms in total. The molecule has 0 fully saturated rings. The Hall–Kier alpha value is -2.13. The third kappa shape index (κ3) is 5.20. The van der Waals surface area contributed by atoms with E-state index < -0.39 is 5.60 Å². The highest BCUT2D eigenvalue weighted by atomic mass is 16.6. The topological polar surface area (TPSA) is 35.5 Å². The molecule has 3 heteroatoms. The fourth-order valence-corrected chi connectivity index (χ4v) is 2.70. The van der Waals surface area contributed by atoms with Gasteiger partial charge in [0.2, 0.25) is 0 Å². The Kier molecular flexibility index (Phi) is 5.79. The minimum absolute atomic E-state index is 0.0237. The lowest BCUT2D eigenvalue weighted by Crippen LogP contribution is -2.32. The summed E-state index contributed by atoms with van der Waals surface area (Å²) in [6.07, 6.45) is 0.601. The molecule has 0 amide bonds. The number of rotatable bonds is 7. The molecule has 24 heavy (non-hydrogen) atoms. The molecule has 0 radical (unpaired) electrons. The number of carbonyl (C=O) groups is 1. The first-order valence-electron chi connectivity index (χ1n) is 8.25. The standard InChI is InChI=1S/C21H26O3/c1-15(2)20(22)24-21(4,5)13-16(3)23-14-17-10-11-18-8-6-7-9-19(18)12-17/h6-12,16H,1,13-14H2,2-5H3. The van der Waals surface area contributed by atoms with E-state index in [1.54, 1.807) is 6.92 Å². The van der Waals surface area contributed by atoms with Gasteiger partial charge in [-0.25, -0.2) is 4.79 Å². The van der Waals surface area contributed by atoms with Crippen molar-refractivity contribution in [2.24, 2.45) is 0 Å². The van der Waals surface area contributed by atoms with Crippen LogP contribution in [0, 0.1) is 0 Å². The molecule has 0 bridgehead atoms. The maximum atomic E-state index is 11.7. The van der Waals surface area contributed by atoms with E-state index in [1.807, 2.05) is 32.9 Å². The predicted octanol–water partition coefficient (Wildman–Crippen LogP) is 5.03. The fourth-order valence-electron chi connectivity index (χ4n) is 2.70. The molecule has 0 saturated heterocycles. The second-order valence-corrected chi connectivity index (χ2v) is 6.94. The Morgan fingerprint density at radius 2 is 1.83 bits per heavy atom. The molecule has 2 aromatic rings. The molecule has 0 aliphatic carbocycles. The largest absolute Gasteiger partial charge is 0.456 e. The SMILES string of the molecule is C=C(C)C(=O)OC(C)(C)CC(C)OCc1ccc2ccccc2c1. The highest BCUT2D eigenvalue weighted by Crippen LogP contribution is 2.22. The quantitative estimate of drug-likeness (QED) is 0.528. The summed E-state index contributed by atoms with van der Waals surface area (Å²) >= 11 is 0. The Bertz CT molecular complexity index is 731. The molecule has 0 saturated carbocycles. The zero-order valence-corrected chi connectivity index (χ0v) is 15.0. The molecule has 2 rings (SSSR count). The number of benzene rings is 2. The van der Waals surface area contributed by atoms with Crippen LogP contribution in [-0.4, -0.2) is 17.7 Å². The normalized spacial score (nSPS) is 12.8. The van der Waals surface area contributed by atoms with Gasteiger partial charge in [0.15, 0.2) is 0 Å². The van der Waals surface area contributed by atoms with Crippen LogP contribution >= 0.6 is 0 Å². The van der Waals surface area contributed by atoms with Gasteiger partial charge in [0.05, 0.1) is 12.7 Å². The molecule has 1 unspecified atom stereocenters. The van der Waals surface area contributed by atoms with Crippen LogP contribution in [0.2, 0.25) is 0 Å². The average molecular weight is 326 g/mol. The van der Waals surface area contributed by atoms with E-state index in [2.05, 4.69) is 36.9 Å². The Morgan fingerprint density at radius 3 is 2.50 bits per heavy atom. The molecule has 1 atom stereocenters. The lowest BCUT2D eigenvalue weighted by Gasteiger charge is -2.28. The zero-order valence-electron chi connectivity index (χ0n) is 15.0. The maximum Gasteiger partial charge on any atom is 0.333 e. The van der Waals surface area contributed by atoms with Gasteiger partial charge in [0.25, 0.3) is 0 Å². The smallest absolute Gasteiger partial charge is 0.333 e. The second-order valence-electron chi connectivity index (χ2n) is 6.94. The summed E-state index contributed by atoms with van der Waals surface area (Å²) in [4.78, 5) is 11.7. The van der Waals surface area contributed by atoms with E-state index in [9.17, 15) is 4.79 Å². The molecule has 0 aliphatic rings. The van der Waals surface area contributed by atoms with Gasteiger partial charge < -0.3 is 9.47 Å². The minimum atomic E-state index is -0.584. The van der Waals surface area contributed by atoms with Gasteiger partial charge >= 0.3 is 5.97 Å². The van der Waals surface area contributed by atoms with Crippen LogP contribution in [0.5, 0.6) is 0 Å². The van der Waals surface area contributed by atoms with Crippen LogP contribution < -0.4 is 0 Å². The number of ether oxygens (including phenoxy) is 2.